The molecule has 0 atom stereocenters. The maximum Gasteiger partial charge on any atom is 0.303 e. The van der Waals surface area contributed by atoms with E-state index in [1.807, 2.05) is 0 Å². The van der Waals surface area contributed by atoms with Crippen LogP contribution in [0.1, 0.15) is 90.4 Å². The third-order valence-electron chi connectivity index (χ3n) is 3.73. The van der Waals surface area contributed by atoms with Gasteiger partial charge in [-0.3, -0.25) is 9.59 Å². The Hall–Kier alpha value is -0.900. The van der Waals surface area contributed by atoms with Crippen LogP contribution in [-0.2, 0) is 14.3 Å². The summed E-state index contributed by atoms with van der Waals surface area (Å²) in [5.74, 6) is -0.682. The first-order chi connectivity index (χ1) is 10.7. The summed E-state index contributed by atoms with van der Waals surface area (Å²) in [6, 6.07) is 0. The Labute approximate surface area is 135 Å². The van der Waals surface area contributed by atoms with E-state index >= 15 is 0 Å². The largest absolute Gasteiger partial charge is 0.481 e. The molecule has 4 heteroatoms. The summed E-state index contributed by atoms with van der Waals surface area (Å²) >= 11 is 0. The van der Waals surface area contributed by atoms with E-state index in [2.05, 4.69) is 6.92 Å². The summed E-state index contributed by atoms with van der Waals surface area (Å²) in [6.45, 7) is 3.67. The average Bonchev–Trinajstić information content (AvgIpc) is 2.48. The molecule has 4 nitrogen and oxygen atoms in total. The monoisotopic (exact) mass is 314 g/mol. The molecule has 130 valence electrons. The van der Waals surface area contributed by atoms with Crippen LogP contribution in [0.2, 0.25) is 0 Å². The van der Waals surface area contributed by atoms with Crippen molar-refractivity contribution in [1.82, 2.24) is 0 Å². The molecule has 0 aliphatic rings. The number of hydrogen-bond acceptors (Lipinski definition) is 3. The highest BCUT2D eigenvalue weighted by Crippen LogP contribution is 2.08. The van der Waals surface area contributed by atoms with Crippen molar-refractivity contribution < 1.29 is 19.4 Å². The van der Waals surface area contributed by atoms with Gasteiger partial charge in [-0.05, 0) is 19.3 Å². The zero-order chi connectivity index (χ0) is 16.5. The number of Topliss-reactive ketones (excluding diaryl/α,β-unsaturated/α-hetero) is 1. The number of hydrogen-bond donors (Lipinski definition) is 1. The van der Waals surface area contributed by atoms with E-state index in [1.54, 1.807) is 0 Å². The Balaban J connectivity index is 3.13. The SMILES string of the molecule is CCCCCCCCCCOCCCC(=O)CCCC(=O)O. The Morgan fingerprint density at radius 2 is 1.27 bits per heavy atom. The Morgan fingerprint density at radius 3 is 1.91 bits per heavy atom. The van der Waals surface area contributed by atoms with E-state index in [1.165, 1.54) is 44.9 Å². The van der Waals surface area contributed by atoms with Crippen LogP contribution in [0.15, 0.2) is 0 Å². The first kappa shape index (κ1) is 21.1. The molecular weight excluding hydrogens is 280 g/mol. The lowest BCUT2D eigenvalue weighted by atomic mass is 10.1. The van der Waals surface area contributed by atoms with Gasteiger partial charge < -0.3 is 9.84 Å². The summed E-state index contributed by atoms with van der Waals surface area (Å²) in [7, 11) is 0. The Bertz CT molecular complexity index is 276. The van der Waals surface area contributed by atoms with Crippen molar-refractivity contribution in [2.75, 3.05) is 13.2 Å². The minimum atomic E-state index is -0.832. The molecule has 0 heterocycles. The minimum absolute atomic E-state index is 0.0840. The summed E-state index contributed by atoms with van der Waals surface area (Å²) < 4.78 is 5.53. The molecule has 0 unspecified atom stereocenters. The van der Waals surface area contributed by atoms with Crippen LogP contribution < -0.4 is 0 Å². The summed E-state index contributed by atoms with van der Waals surface area (Å²) in [4.78, 5) is 21.8. The number of ketones is 1. The maximum absolute atomic E-state index is 11.5. The third-order valence-corrected chi connectivity index (χ3v) is 3.73. The number of ether oxygens (including phenoxy) is 1. The summed E-state index contributed by atoms with van der Waals surface area (Å²) in [5, 5.41) is 8.48. The molecule has 0 fully saturated rings. The molecule has 0 saturated carbocycles. The fourth-order valence-corrected chi connectivity index (χ4v) is 2.37. The van der Waals surface area contributed by atoms with E-state index < -0.39 is 5.97 Å². The molecule has 0 rings (SSSR count). The van der Waals surface area contributed by atoms with Gasteiger partial charge >= 0.3 is 5.97 Å². The standard InChI is InChI=1S/C18H34O4/c1-2-3-4-5-6-7-8-9-15-22-16-11-13-17(19)12-10-14-18(20)21/h2-16H2,1H3,(H,20,21). The predicted molar refractivity (Wildman–Crippen MR) is 89.2 cm³/mol. The quantitative estimate of drug-likeness (QED) is 0.394. The zero-order valence-electron chi connectivity index (χ0n) is 14.3. The van der Waals surface area contributed by atoms with Gasteiger partial charge in [0.2, 0.25) is 0 Å². The van der Waals surface area contributed by atoms with Crippen LogP contribution >= 0.6 is 0 Å². The van der Waals surface area contributed by atoms with Gasteiger partial charge in [0.1, 0.15) is 5.78 Å². The van der Waals surface area contributed by atoms with Crippen molar-refractivity contribution in [2.45, 2.75) is 90.4 Å². The van der Waals surface area contributed by atoms with Crippen LogP contribution in [0.25, 0.3) is 0 Å². The molecule has 0 spiro atoms. The van der Waals surface area contributed by atoms with Crippen molar-refractivity contribution in [1.29, 1.82) is 0 Å². The first-order valence-corrected chi connectivity index (χ1v) is 8.98. The van der Waals surface area contributed by atoms with E-state index in [0.29, 0.717) is 25.9 Å². The van der Waals surface area contributed by atoms with Gasteiger partial charge in [-0.25, -0.2) is 0 Å². The first-order valence-electron chi connectivity index (χ1n) is 8.98. The molecule has 0 aliphatic carbocycles. The van der Waals surface area contributed by atoms with Crippen LogP contribution in [-0.4, -0.2) is 30.1 Å². The molecule has 0 bridgehead atoms. The van der Waals surface area contributed by atoms with Crippen molar-refractivity contribution in [2.24, 2.45) is 0 Å². The van der Waals surface area contributed by atoms with Crippen molar-refractivity contribution in [3.63, 3.8) is 0 Å². The van der Waals surface area contributed by atoms with Crippen LogP contribution in [0.4, 0.5) is 0 Å². The van der Waals surface area contributed by atoms with Gasteiger partial charge in [-0.15, -0.1) is 0 Å². The lowest BCUT2D eigenvalue weighted by Gasteiger charge is -2.04. The lowest BCUT2D eigenvalue weighted by molar-refractivity contribution is -0.137. The molecule has 0 saturated heterocycles. The predicted octanol–water partition coefficient (Wildman–Crippen LogP) is 4.75. The minimum Gasteiger partial charge on any atom is -0.481 e. The maximum atomic E-state index is 11.5. The number of carboxylic acid groups (broad SMARTS) is 1. The number of carbonyl (C=O) groups excluding carboxylic acids is 1. The van der Waals surface area contributed by atoms with Gasteiger partial charge in [0.05, 0.1) is 0 Å². The zero-order valence-corrected chi connectivity index (χ0v) is 14.3. The molecule has 1 N–H and O–H groups in total. The average molecular weight is 314 g/mol. The van der Waals surface area contributed by atoms with E-state index in [9.17, 15) is 9.59 Å². The Kier molecular flexibility index (Phi) is 15.8. The van der Waals surface area contributed by atoms with E-state index in [0.717, 1.165) is 19.4 Å². The second kappa shape index (κ2) is 16.5. The normalized spacial score (nSPS) is 10.8. The third kappa shape index (κ3) is 17.2. The number of carboxylic acids is 1. The van der Waals surface area contributed by atoms with Gasteiger partial charge in [-0.2, -0.15) is 0 Å². The Morgan fingerprint density at radius 1 is 0.727 bits per heavy atom. The topological polar surface area (TPSA) is 63.6 Å². The number of carbonyl (C=O) groups is 2. The van der Waals surface area contributed by atoms with Crippen molar-refractivity contribution in [3.05, 3.63) is 0 Å². The van der Waals surface area contributed by atoms with Gasteiger partial charge in [0.25, 0.3) is 0 Å². The molecular formula is C18H34O4. The van der Waals surface area contributed by atoms with Gasteiger partial charge in [0, 0.05) is 32.5 Å². The van der Waals surface area contributed by atoms with E-state index in [-0.39, 0.29) is 12.2 Å². The lowest BCUT2D eigenvalue weighted by Crippen LogP contribution is -2.04. The van der Waals surface area contributed by atoms with Crippen LogP contribution in [0, 0.1) is 0 Å². The number of rotatable bonds is 17. The van der Waals surface area contributed by atoms with E-state index in [4.69, 9.17) is 9.84 Å². The van der Waals surface area contributed by atoms with Crippen molar-refractivity contribution in [3.8, 4) is 0 Å². The van der Waals surface area contributed by atoms with Crippen molar-refractivity contribution >= 4 is 11.8 Å². The fourth-order valence-electron chi connectivity index (χ4n) is 2.37. The van der Waals surface area contributed by atoms with Crippen LogP contribution in [0.5, 0.6) is 0 Å². The molecule has 0 radical (unpaired) electrons. The molecule has 0 aliphatic heterocycles. The summed E-state index contributed by atoms with van der Waals surface area (Å²) in [5.41, 5.74) is 0. The highest BCUT2D eigenvalue weighted by molar-refractivity contribution is 5.78. The van der Waals surface area contributed by atoms with Crippen LogP contribution in [0.3, 0.4) is 0 Å². The fraction of sp³-hybridized carbons (Fsp3) is 0.889. The smallest absolute Gasteiger partial charge is 0.303 e. The number of aliphatic carboxylic acids is 1. The summed E-state index contributed by atoms with van der Waals surface area (Å²) in [6.07, 6.45) is 12.6. The molecule has 0 aromatic heterocycles. The highest BCUT2D eigenvalue weighted by atomic mass is 16.5. The molecule has 0 amide bonds. The van der Waals surface area contributed by atoms with Gasteiger partial charge in [0.15, 0.2) is 0 Å². The van der Waals surface area contributed by atoms with Gasteiger partial charge in [-0.1, -0.05) is 51.9 Å². The second-order valence-corrected chi connectivity index (χ2v) is 5.98. The molecule has 22 heavy (non-hydrogen) atoms. The highest BCUT2D eigenvalue weighted by Gasteiger charge is 2.04. The second-order valence-electron chi connectivity index (χ2n) is 5.98. The molecule has 0 aromatic rings. The number of unbranched alkanes of at least 4 members (excludes halogenated alkanes) is 7. The molecule has 0 aromatic carbocycles.